The molecule has 2 rings (SSSR count). The van der Waals surface area contributed by atoms with Crippen LogP contribution < -0.4 is 0 Å². The van der Waals surface area contributed by atoms with Crippen LogP contribution in [0.15, 0.2) is 0 Å². The molecule has 0 atom stereocenters. The summed E-state index contributed by atoms with van der Waals surface area (Å²) in [7, 11) is 1.94. The van der Waals surface area contributed by atoms with E-state index in [-0.39, 0.29) is 0 Å². The Morgan fingerprint density at radius 1 is 1.39 bits per heavy atom. The number of H-pyrrole nitrogens is 1. The predicted molar refractivity (Wildman–Crippen MR) is 74.4 cm³/mol. The molecule has 0 aliphatic rings. The molecule has 0 fully saturated rings. The quantitative estimate of drug-likeness (QED) is 0.647. The standard InChI is InChI=1S/C12H20N4OS/c1-4-5-7-17-8-6-16-11-10(13-12(16)18)9(2)14-15(11)3/h4-8H2,1-3H3,(H,13,18). The first-order valence-corrected chi connectivity index (χ1v) is 6.75. The van der Waals surface area contributed by atoms with E-state index in [1.54, 1.807) is 0 Å². The summed E-state index contributed by atoms with van der Waals surface area (Å²) in [5, 5.41) is 4.39. The lowest BCUT2D eigenvalue weighted by atomic mass is 10.4. The maximum atomic E-state index is 5.59. The molecule has 0 saturated heterocycles. The zero-order valence-corrected chi connectivity index (χ0v) is 12.0. The van der Waals surface area contributed by atoms with Gasteiger partial charge in [-0.2, -0.15) is 5.10 Å². The normalized spacial score (nSPS) is 11.5. The Morgan fingerprint density at radius 2 is 2.17 bits per heavy atom. The van der Waals surface area contributed by atoms with Crippen LogP contribution in [0.1, 0.15) is 25.5 Å². The van der Waals surface area contributed by atoms with Gasteiger partial charge in [0.15, 0.2) is 10.4 Å². The molecule has 100 valence electrons. The van der Waals surface area contributed by atoms with Crippen LogP contribution >= 0.6 is 12.2 Å². The summed E-state index contributed by atoms with van der Waals surface area (Å²) < 4.78 is 10.2. The van der Waals surface area contributed by atoms with Crippen LogP contribution in [0.4, 0.5) is 0 Å². The molecule has 0 amide bonds. The molecule has 1 N–H and O–H groups in total. The minimum atomic E-state index is 0.686. The van der Waals surface area contributed by atoms with Crippen molar-refractivity contribution in [2.75, 3.05) is 13.2 Å². The average Bonchev–Trinajstić information content (AvgIpc) is 2.79. The highest BCUT2D eigenvalue weighted by atomic mass is 32.1. The van der Waals surface area contributed by atoms with Crippen molar-refractivity contribution in [1.82, 2.24) is 19.3 Å². The molecule has 0 radical (unpaired) electrons. The SMILES string of the molecule is CCCCOCCn1c(=S)[nH]c2c(C)nn(C)c21. The summed E-state index contributed by atoms with van der Waals surface area (Å²) in [6.07, 6.45) is 2.27. The molecule has 0 bridgehead atoms. The second-order valence-electron chi connectivity index (χ2n) is 4.46. The van der Waals surface area contributed by atoms with Gasteiger partial charge in [-0.15, -0.1) is 0 Å². The van der Waals surface area contributed by atoms with E-state index in [1.165, 1.54) is 0 Å². The van der Waals surface area contributed by atoms with Crippen molar-refractivity contribution in [2.45, 2.75) is 33.2 Å². The highest BCUT2D eigenvalue weighted by Gasteiger charge is 2.12. The van der Waals surface area contributed by atoms with Gasteiger partial charge in [-0.25, -0.2) is 0 Å². The molecule has 0 aliphatic heterocycles. The number of hydrogen-bond acceptors (Lipinski definition) is 3. The molecule has 2 aromatic heterocycles. The van der Waals surface area contributed by atoms with Crippen molar-refractivity contribution in [3.63, 3.8) is 0 Å². The monoisotopic (exact) mass is 268 g/mol. The van der Waals surface area contributed by atoms with Crippen LogP contribution in [0.2, 0.25) is 0 Å². The van der Waals surface area contributed by atoms with E-state index >= 15 is 0 Å². The molecular formula is C12H20N4OS. The van der Waals surface area contributed by atoms with Crippen LogP contribution in [0.25, 0.3) is 11.2 Å². The van der Waals surface area contributed by atoms with Gasteiger partial charge in [-0.05, 0) is 25.6 Å². The zero-order chi connectivity index (χ0) is 13.1. The van der Waals surface area contributed by atoms with Gasteiger partial charge in [0.05, 0.1) is 18.8 Å². The Bertz CT molecular complexity index is 581. The molecular weight excluding hydrogens is 248 g/mol. The Morgan fingerprint density at radius 3 is 2.89 bits per heavy atom. The molecule has 2 heterocycles. The van der Waals surface area contributed by atoms with Crippen LogP contribution in [-0.2, 0) is 18.3 Å². The summed E-state index contributed by atoms with van der Waals surface area (Å²) >= 11 is 5.34. The highest BCUT2D eigenvalue weighted by molar-refractivity contribution is 7.71. The number of imidazole rings is 1. The van der Waals surface area contributed by atoms with Crippen LogP contribution in [-0.4, -0.2) is 32.5 Å². The number of hydrogen-bond donors (Lipinski definition) is 1. The molecule has 0 unspecified atom stereocenters. The number of aromatic nitrogens is 4. The van der Waals surface area contributed by atoms with Crippen molar-refractivity contribution in [3.05, 3.63) is 10.5 Å². The Kier molecular flexibility index (Phi) is 4.19. The lowest BCUT2D eigenvalue weighted by molar-refractivity contribution is 0.124. The number of rotatable bonds is 6. The van der Waals surface area contributed by atoms with E-state index in [0.29, 0.717) is 6.61 Å². The maximum Gasteiger partial charge on any atom is 0.179 e. The van der Waals surface area contributed by atoms with Crippen molar-refractivity contribution in [1.29, 1.82) is 0 Å². The first kappa shape index (κ1) is 13.3. The summed E-state index contributed by atoms with van der Waals surface area (Å²) in [6, 6.07) is 0. The number of ether oxygens (including phenoxy) is 1. The van der Waals surface area contributed by atoms with Gasteiger partial charge in [-0.3, -0.25) is 9.25 Å². The topological polar surface area (TPSA) is 47.8 Å². The van der Waals surface area contributed by atoms with E-state index in [2.05, 4.69) is 21.6 Å². The second-order valence-corrected chi connectivity index (χ2v) is 4.84. The van der Waals surface area contributed by atoms with Gasteiger partial charge >= 0.3 is 0 Å². The molecule has 0 saturated carbocycles. The number of aromatic amines is 1. The first-order chi connectivity index (χ1) is 8.65. The Hall–Kier alpha value is -1.14. The van der Waals surface area contributed by atoms with Gasteiger partial charge in [0.25, 0.3) is 0 Å². The fraction of sp³-hybridized carbons (Fsp3) is 0.667. The van der Waals surface area contributed by atoms with Crippen LogP contribution in [0.5, 0.6) is 0 Å². The van der Waals surface area contributed by atoms with Gasteiger partial charge in [0.2, 0.25) is 0 Å². The summed E-state index contributed by atoms with van der Waals surface area (Å²) in [5.74, 6) is 0. The van der Waals surface area contributed by atoms with Crippen molar-refractivity contribution in [3.8, 4) is 0 Å². The summed E-state index contributed by atoms with van der Waals surface area (Å²) in [5.41, 5.74) is 3.04. The molecule has 6 heteroatoms. The number of fused-ring (bicyclic) bond motifs is 1. The minimum absolute atomic E-state index is 0.686. The third kappa shape index (κ3) is 2.49. The van der Waals surface area contributed by atoms with E-state index in [0.717, 1.165) is 47.6 Å². The minimum Gasteiger partial charge on any atom is -0.380 e. The van der Waals surface area contributed by atoms with E-state index in [1.807, 2.05) is 18.7 Å². The van der Waals surface area contributed by atoms with E-state index in [9.17, 15) is 0 Å². The average molecular weight is 268 g/mol. The fourth-order valence-corrected chi connectivity index (χ4v) is 2.36. The largest absolute Gasteiger partial charge is 0.380 e. The third-order valence-electron chi connectivity index (χ3n) is 3.03. The number of nitrogens with zero attached hydrogens (tertiary/aromatic N) is 3. The molecule has 0 spiro atoms. The highest BCUT2D eigenvalue weighted by Crippen LogP contribution is 2.16. The van der Waals surface area contributed by atoms with Crippen molar-refractivity contribution in [2.24, 2.45) is 7.05 Å². The van der Waals surface area contributed by atoms with E-state index in [4.69, 9.17) is 17.0 Å². The summed E-state index contributed by atoms with van der Waals surface area (Å²) in [4.78, 5) is 3.21. The van der Waals surface area contributed by atoms with E-state index < -0.39 is 0 Å². The number of nitrogens with one attached hydrogen (secondary N) is 1. The van der Waals surface area contributed by atoms with Crippen LogP contribution in [0, 0.1) is 11.7 Å². The summed E-state index contributed by atoms with van der Waals surface area (Å²) in [6.45, 7) is 6.41. The Labute approximate surface area is 112 Å². The maximum absolute atomic E-state index is 5.59. The molecule has 18 heavy (non-hydrogen) atoms. The fourth-order valence-electron chi connectivity index (χ4n) is 2.08. The van der Waals surface area contributed by atoms with Crippen molar-refractivity contribution >= 4 is 23.4 Å². The molecule has 0 aliphatic carbocycles. The first-order valence-electron chi connectivity index (χ1n) is 6.35. The molecule has 0 aromatic carbocycles. The van der Waals surface area contributed by atoms with Gasteiger partial charge in [0.1, 0.15) is 5.52 Å². The van der Waals surface area contributed by atoms with Crippen LogP contribution in [0.3, 0.4) is 0 Å². The smallest absolute Gasteiger partial charge is 0.179 e. The van der Waals surface area contributed by atoms with Gasteiger partial charge < -0.3 is 9.72 Å². The molecule has 2 aromatic rings. The lowest BCUT2D eigenvalue weighted by Gasteiger charge is -2.06. The zero-order valence-electron chi connectivity index (χ0n) is 11.2. The van der Waals surface area contributed by atoms with Gasteiger partial charge in [-0.1, -0.05) is 13.3 Å². The number of unbranched alkanes of at least 4 members (excludes halogenated alkanes) is 1. The molecule has 5 nitrogen and oxygen atoms in total. The lowest BCUT2D eigenvalue weighted by Crippen LogP contribution is -2.09. The Balaban J connectivity index is 2.12. The number of aryl methyl sites for hydroxylation is 2. The third-order valence-corrected chi connectivity index (χ3v) is 3.35. The second kappa shape index (κ2) is 5.67. The predicted octanol–water partition coefficient (Wildman–Crippen LogP) is 2.56. The van der Waals surface area contributed by atoms with Gasteiger partial charge in [0, 0.05) is 13.7 Å². The van der Waals surface area contributed by atoms with Crippen molar-refractivity contribution < 1.29 is 4.74 Å².